The molecule has 0 atom stereocenters. The van der Waals surface area contributed by atoms with Crippen molar-refractivity contribution >= 4 is 98.6 Å². The predicted octanol–water partition coefficient (Wildman–Crippen LogP) is 17.3. The molecule has 0 radical (unpaired) electrons. The maximum Gasteiger partial charge on any atom is 0.165 e. The van der Waals surface area contributed by atoms with Crippen LogP contribution in [0.25, 0.3) is 143 Å². The average Bonchev–Trinajstić information content (AvgIpc) is 4.32. The van der Waals surface area contributed by atoms with E-state index < -0.39 is 0 Å². The molecule has 6 heterocycles. The Hall–Kier alpha value is -9.89. The summed E-state index contributed by atoms with van der Waals surface area (Å²) in [5.41, 5.74) is 14.6. The van der Waals surface area contributed by atoms with Crippen molar-refractivity contribution in [1.82, 2.24) is 33.4 Å². The number of para-hydroxylation sites is 8. The van der Waals surface area contributed by atoms with Gasteiger partial charge in [0.15, 0.2) is 11.6 Å². The van der Waals surface area contributed by atoms with Gasteiger partial charge in [-0.25, -0.2) is 4.98 Å². The fraction of sp³-hybridized carbons (Fsp3) is 0. The molecule has 350 valence electrons. The summed E-state index contributed by atoms with van der Waals surface area (Å²) >= 11 is 1.61. The third kappa shape index (κ3) is 6.11. The number of aromatic nitrogens is 7. The van der Waals surface area contributed by atoms with Crippen LogP contribution < -0.4 is 0 Å². The molecule has 0 saturated heterocycles. The summed E-state index contributed by atoms with van der Waals surface area (Å²) in [4.78, 5) is 6.35. The first-order valence-corrected chi connectivity index (χ1v) is 26.1. The monoisotopic (exact) mass is 975 g/mol. The smallest absolute Gasteiger partial charge is 0.165 e. The van der Waals surface area contributed by atoms with E-state index in [1.54, 1.807) is 11.3 Å². The van der Waals surface area contributed by atoms with Crippen molar-refractivity contribution in [2.24, 2.45) is 0 Å². The van der Waals surface area contributed by atoms with E-state index in [-0.39, 0.29) is 0 Å². The van der Waals surface area contributed by atoms with Crippen LogP contribution in [0.3, 0.4) is 0 Å². The lowest BCUT2D eigenvalue weighted by Crippen LogP contribution is -2.16. The van der Waals surface area contributed by atoms with Gasteiger partial charge < -0.3 is 9.13 Å². The third-order valence-corrected chi connectivity index (χ3v) is 16.2. The van der Waals surface area contributed by atoms with Crippen molar-refractivity contribution in [3.63, 3.8) is 0 Å². The zero-order valence-electron chi connectivity index (χ0n) is 40.2. The second-order valence-corrected chi connectivity index (χ2v) is 20.1. The molecule has 10 aromatic carbocycles. The second-order valence-electron chi connectivity index (χ2n) is 19.2. The van der Waals surface area contributed by atoms with Crippen molar-refractivity contribution in [2.45, 2.75) is 0 Å². The lowest BCUT2D eigenvalue weighted by atomic mass is 9.99. The zero-order chi connectivity index (χ0) is 49.1. The number of pyridine rings is 1. The number of hydrogen-bond acceptors (Lipinski definition) is 4. The van der Waals surface area contributed by atoms with Crippen molar-refractivity contribution < 1.29 is 0 Å². The Balaban J connectivity index is 1.16. The van der Waals surface area contributed by atoms with Gasteiger partial charge in [-0.15, -0.1) is 10.2 Å². The van der Waals surface area contributed by atoms with Gasteiger partial charge in [0.1, 0.15) is 21.4 Å². The largest absolute Gasteiger partial charge is 0.305 e. The first-order chi connectivity index (χ1) is 37.3. The van der Waals surface area contributed by atoms with E-state index in [9.17, 15) is 0 Å². The van der Waals surface area contributed by atoms with Crippen molar-refractivity contribution in [2.75, 3.05) is 0 Å². The van der Waals surface area contributed by atoms with Gasteiger partial charge in [-0.1, -0.05) is 212 Å². The molecule has 75 heavy (non-hydrogen) atoms. The fourth-order valence-corrected chi connectivity index (χ4v) is 12.9. The summed E-state index contributed by atoms with van der Waals surface area (Å²) < 4.78 is 9.81. The topological polar surface area (TPSA) is 58.4 Å². The Morgan fingerprint density at radius 2 is 0.493 bits per heavy atom. The van der Waals surface area contributed by atoms with E-state index in [4.69, 9.17) is 10.1 Å². The molecule has 0 aliphatic carbocycles. The number of fused-ring (bicyclic) bond motifs is 12. The zero-order valence-corrected chi connectivity index (χ0v) is 41.0. The van der Waals surface area contributed by atoms with Gasteiger partial charge in [-0.3, -0.25) is 9.13 Å². The Kier molecular flexibility index (Phi) is 9.07. The number of hydrogen-bond donors (Lipinski definition) is 0. The second kappa shape index (κ2) is 16.3. The minimum Gasteiger partial charge on any atom is -0.305 e. The van der Waals surface area contributed by atoms with E-state index >= 15 is 0 Å². The first-order valence-electron chi connectivity index (χ1n) is 25.3. The van der Waals surface area contributed by atoms with Crippen LogP contribution in [0.4, 0.5) is 0 Å². The third-order valence-electron chi connectivity index (χ3n) is 15.2. The lowest BCUT2D eigenvalue weighted by Gasteiger charge is -2.27. The van der Waals surface area contributed by atoms with Gasteiger partial charge in [0.2, 0.25) is 0 Å². The highest BCUT2D eigenvalue weighted by Gasteiger charge is 2.32. The molecular weight excluding hydrogens is 935 g/mol. The Labute approximate surface area is 433 Å². The predicted molar refractivity (Wildman–Crippen MR) is 311 cm³/mol. The molecule has 16 aromatic rings. The Bertz CT molecular complexity index is 4490. The molecule has 0 N–H and O–H groups in total. The van der Waals surface area contributed by atoms with Gasteiger partial charge in [0.25, 0.3) is 0 Å². The van der Waals surface area contributed by atoms with Crippen LogP contribution in [0.2, 0.25) is 0 Å². The molecule has 0 fully saturated rings. The van der Waals surface area contributed by atoms with Crippen molar-refractivity contribution in [1.29, 1.82) is 0 Å². The first kappa shape index (κ1) is 41.7. The van der Waals surface area contributed by atoms with Gasteiger partial charge in [0, 0.05) is 59.8 Å². The molecule has 0 unspecified atom stereocenters. The molecule has 0 amide bonds. The van der Waals surface area contributed by atoms with Crippen LogP contribution in [0, 0.1) is 0 Å². The van der Waals surface area contributed by atoms with E-state index in [2.05, 4.69) is 254 Å². The molecule has 0 aliphatic heterocycles. The SMILES string of the molecule is c1ccc(-c2nnc(-c3ccc(-c4c(-n5c6ccccc6c6ccccc65)c(-n5c6ccccc6c6ccccc65)nc(-n5c6ccccc6c6ccccc65)c4-n4c5ccccc5c5ccccc54)cc3)s2)cc1. The van der Waals surface area contributed by atoms with Crippen LogP contribution in [0.15, 0.2) is 249 Å². The number of nitrogens with zero attached hydrogens (tertiary/aromatic N) is 7. The lowest BCUT2D eigenvalue weighted by molar-refractivity contribution is 0.961. The highest BCUT2D eigenvalue weighted by Crippen LogP contribution is 2.49. The minimum absolute atomic E-state index is 0.802. The summed E-state index contributed by atoms with van der Waals surface area (Å²) in [5.74, 6) is 1.60. The van der Waals surface area contributed by atoms with Gasteiger partial charge in [-0.2, -0.15) is 0 Å². The molecule has 0 spiro atoms. The molecule has 0 saturated carbocycles. The average molecular weight is 976 g/mol. The van der Waals surface area contributed by atoms with Crippen LogP contribution in [0.5, 0.6) is 0 Å². The summed E-state index contributed by atoms with van der Waals surface area (Å²) in [5, 5.41) is 20.5. The minimum atomic E-state index is 0.802. The number of rotatable bonds is 7. The standard InChI is InChI=1S/C67H41N7S/c1-2-20-43(21-3-1)66-69-70-67(75-66)44-40-38-42(39-41-44)61-62(71-53-30-12-4-22-45(53)46-23-5-13-31-54(46)71)64(73-57-34-16-8-26-49(57)50-27-9-17-35-58(50)73)68-65(74-59-36-18-10-28-51(59)52-29-11-19-37-60(52)74)63(61)72-55-32-14-6-24-47(55)48-25-7-15-33-56(48)72/h1-41H. The van der Waals surface area contributed by atoms with E-state index in [0.717, 1.165) is 143 Å². The van der Waals surface area contributed by atoms with Crippen LogP contribution in [-0.4, -0.2) is 33.4 Å². The van der Waals surface area contributed by atoms with Crippen LogP contribution >= 0.6 is 11.3 Å². The van der Waals surface area contributed by atoms with Gasteiger partial charge in [-0.05, 0) is 54.1 Å². The van der Waals surface area contributed by atoms with Gasteiger partial charge in [0.05, 0.1) is 44.1 Å². The summed E-state index contributed by atoms with van der Waals surface area (Å²) in [6, 6.07) is 89.7. The van der Waals surface area contributed by atoms with Crippen molar-refractivity contribution in [3.05, 3.63) is 249 Å². The molecule has 0 aliphatic rings. The number of benzene rings is 10. The molecule has 6 aromatic heterocycles. The van der Waals surface area contributed by atoms with Crippen LogP contribution in [0.1, 0.15) is 0 Å². The Morgan fingerprint density at radius 1 is 0.240 bits per heavy atom. The highest BCUT2D eigenvalue weighted by molar-refractivity contribution is 7.17. The Morgan fingerprint density at radius 3 is 0.813 bits per heavy atom. The summed E-state index contributed by atoms with van der Waals surface area (Å²) in [7, 11) is 0. The maximum absolute atomic E-state index is 6.35. The summed E-state index contributed by atoms with van der Waals surface area (Å²) in [6.45, 7) is 0. The van der Waals surface area contributed by atoms with E-state index in [0.29, 0.717) is 0 Å². The summed E-state index contributed by atoms with van der Waals surface area (Å²) in [6.07, 6.45) is 0. The molecule has 7 nitrogen and oxygen atoms in total. The highest BCUT2D eigenvalue weighted by atomic mass is 32.1. The maximum atomic E-state index is 6.35. The van der Waals surface area contributed by atoms with Gasteiger partial charge >= 0.3 is 0 Å². The molecular formula is C67H41N7S. The molecule has 8 heteroatoms. The molecule has 0 bridgehead atoms. The molecule has 16 rings (SSSR count). The van der Waals surface area contributed by atoms with E-state index in [1.165, 1.54) is 0 Å². The van der Waals surface area contributed by atoms with Crippen LogP contribution in [-0.2, 0) is 0 Å². The van der Waals surface area contributed by atoms with Crippen molar-refractivity contribution in [3.8, 4) is 55.3 Å². The van der Waals surface area contributed by atoms with E-state index in [1.807, 2.05) is 18.2 Å². The fourth-order valence-electron chi connectivity index (χ4n) is 12.0. The normalized spacial score (nSPS) is 12.0. The quantitative estimate of drug-likeness (QED) is 0.160.